The van der Waals surface area contributed by atoms with Gasteiger partial charge in [0.05, 0.1) is 21.8 Å². The van der Waals surface area contributed by atoms with Crippen LogP contribution in [0.5, 0.6) is 0 Å². The Morgan fingerprint density at radius 3 is 2.31 bits per heavy atom. The van der Waals surface area contributed by atoms with Crippen molar-refractivity contribution < 1.29 is 4.79 Å². The Bertz CT molecular complexity index is 944. The Labute approximate surface area is 158 Å². The quantitative estimate of drug-likeness (QED) is 0.722. The molecule has 0 aliphatic carbocycles. The van der Waals surface area contributed by atoms with E-state index in [1.807, 2.05) is 35.5 Å². The van der Waals surface area contributed by atoms with Crippen LogP contribution in [0.2, 0.25) is 0 Å². The molecule has 3 rings (SSSR count). The molecule has 0 unspecified atom stereocenters. The van der Waals surface area contributed by atoms with Crippen LogP contribution in [-0.4, -0.2) is 25.5 Å². The fraction of sp³-hybridized carbons (Fsp3) is 0.526. The number of rotatable bonds is 2. The number of amides is 1. The van der Waals surface area contributed by atoms with Gasteiger partial charge in [-0.1, -0.05) is 20.8 Å². The number of nitrogens with one attached hydrogen (secondary N) is 1. The molecule has 0 spiro atoms. The summed E-state index contributed by atoms with van der Waals surface area (Å²) in [5.41, 5.74) is 1.58. The highest BCUT2D eigenvalue weighted by Gasteiger charge is 2.26. The topological polar surface area (TPSA) is 64.7 Å². The lowest BCUT2D eigenvalue weighted by atomic mass is 9.92. The third-order valence-corrected chi connectivity index (χ3v) is 5.48. The van der Waals surface area contributed by atoms with Crippen LogP contribution < -0.4 is 5.32 Å². The number of nitrogens with zero attached hydrogens (tertiary/aromatic N) is 4. The minimum absolute atomic E-state index is 0.0869. The van der Waals surface area contributed by atoms with Crippen molar-refractivity contribution in [1.29, 1.82) is 0 Å². The highest BCUT2D eigenvalue weighted by molar-refractivity contribution is 7.20. The van der Waals surface area contributed by atoms with Gasteiger partial charge in [-0.25, -0.2) is 4.68 Å². The molecule has 0 saturated heterocycles. The zero-order valence-corrected chi connectivity index (χ0v) is 17.6. The third kappa shape index (κ3) is 3.28. The molecule has 1 N–H and O–H groups in total. The molecule has 0 atom stereocenters. The average molecular weight is 374 g/mol. The van der Waals surface area contributed by atoms with Gasteiger partial charge in [0.2, 0.25) is 0 Å². The summed E-state index contributed by atoms with van der Waals surface area (Å²) in [6.07, 6.45) is 0. The molecule has 3 aromatic heterocycles. The maximum absolute atomic E-state index is 12.9. The minimum Gasteiger partial charge on any atom is -0.306 e. The highest BCUT2D eigenvalue weighted by Crippen LogP contribution is 2.31. The number of aromatic nitrogens is 4. The largest absolute Gasteiger partial charge is 0.306 e. The number of carbonyl (C=O) groups is 1. The van der Waals surface area contributed by atoms with E-state index in [9.17, 15) is 4.79 Å². The second-order valence-corrected chi connectivity index (χ2v) is 9.77. The first-order chi connectivity index (χ1) is 11.9. The average Bonchev–Trinajstić information content (AvgIpc) is 3.14. The van der Waals surface area contributed by atoms with Gasteiger partial charge in [0.15, 0.2) is 0 Å². The molecule has 0 aliphatic rings. The molecule has 6 nitrogen and oxygen atoms in total. The van der Waals surface area contributed by atoms with Crippen LogP contribution in [0.3, 0.4) is 0 Å². The molecule has 0 aromatic carbocycles. The van der Waals surface area contributed by atoms with E-state index in [4.69, 9.17) is 5.10 Å². The van der Waals surface area contributed by atoms with Crippen molar-refractivity contribution in [3.8, 4) is 0 Å². The van der Waals surface area contributed by atoms with Crippen molar-refractivity contribution in [1.82, 2.24) is 19.6 Å². The van der Waals surface area contributed by atoms with E-state index in [0.29, 0.717) is 4.88 Å². The third-order valence-electron chi connectivity index (χ3n) is 4.27. The Kier molecular flexibility index (Phi) is 4.26. The summed E-state index contributed by atoms with van der Waals surface area (Å²) in [5.74, 6) is 0.608. The van der Waals surface area contributed by atoms with Gasteiger partial charge in [0, 0.05) is 23.9 Å². The van der Waals surface area contributed by atoms with Crippen LogP contribution in [0.4, 0.5) is 5.82 Å². The van der Waals surface area contributed by atoms with Crippen molar-refractivity contribution in [3.05, 3.63) is 28.4 Å². The molecular formula is C19H27N5OS. The fourth-order valence-corrected chi connectivity index (χ4v) is 3.86. The number of anilines is 1. The van der Waals surface area contributed by atoms with Gasteiger partial charge in [0.25, 0.3) is 5.91 Å². The number of thiophene rings is 1. The van der Waals surface area contributed by atoms with Crippen LogP contribution in [0.1, 0.15) is 62.6 Å². The maximum Gasteiger partial charge on any atom is 0.266 e. The van der Waals surface area contributed by atoms with Crippen molar-refractivity contribution in [3.63, 3.8) is 0 Å². The van der Waals surface area contributed by atoms with E-state index < -0.39 is 0 Å². The Balaban J connectivity index is 1.97. The second-order valence-electron chi connectivity index (χ2n) is 8.74. The second kappa shape index (κ2) is 5.94. The summed E-state index contributed by atoms with van der Waals surface area (Å²) in [7, 11) is 1.90. The maximum atomic E-state index is 12.9. The molecule has 0 aliphatic heterocycles. The van der Waals surface area contributed by atoms with Crippen molar-refractivity contribution in [2.24, 2.45) is 7.05 Å². The number of carbonyl (C=O) groups excluding carboxylic acids is 1. The lowest BCUT2D eigenvalue weighted by Gasteiger charge is -2.22. The number of aryl methyl sites for hydroxylation is 2. The molecule has 3 aromatic rings. The Morgan fingerprint density at radius 2 is 1.77 bits per heavy atom. The van der Waals surface area contributed by atoms with E-state index >= 15 is 0 Å². The first-order valence-electron chi connectivity index (χ1n) is 8.73. The van der Waals surface area contributed by atoms with Crippen LogP contribution in [0.25, 0.3) is 10.2 Å². The van der Waals surface area contributed by atoms with E-state index in [1.165, 1.54) is 11.3 Å². The molecule has 0 bridgehead atoms. The molecule has 26 heavy (non-hydrogen) atoms. The minimum atomic E-state index is -0.229. The Hall–Kier alpha value is -2.15. The van der Waals surface area contributed by atoms with E-state index in [0.717, 1.165) is 27.4 Å². The molecule has 0 fully saturated rings. The summed E-state index contributed by atoms with van der Waals surface area (Å²) < 4.78 is 3.72. The van der Waals surface area contributed by atoms with E-state index in [2.05, 4.69) is 52.0 Å². The van der Waals surface area contributed by atoms with Crippen molar-refractivity contribution in [2.45, 2.75) is 59.4 Å². The van der Waals surface area contributed by atoms with E-state index in [1.54, 1.807) is 0 Å². The van der Waals surface area contributed by atoms with Gasteiger partial charge in [-0.3, -0.25) is 9.48 Å². The van der Waals surface area contributed by atoms with Gasteiger partial charge in [0.1, 0.15) is 10.6 Å². The number of hydrogen-bond donors (Lipinski definition) is 1. The predicted octanol–water partition coefficient (Wildman–Crippen LogP) is 4.44. The normalized spacial score (nSPS) is 12.8. The zero-order valence-electron chi connectivity index (χ0n) is 16.8. The Morgan fingerprint density at radius 1 is 1.12 bits per heavy atom. The van der Waals surface area contributed by atoms with Crippen LogP contribution in [0, 0.1) is 6.92 Å². The van der Waals surface area contributed by atoms with Crippen LogP contribution in [0.15, 0.2) is 12.1 Å². The molecule has 1 amide bonds. The smallest absolute Gasteiger partial charge is 0.266 e. The molecule has 3 heterocycles. The van der Waals surface area contributed by atoms with Gasteiger partial charge in [-0.05, 0) is 33.8 Å². The standard InChI is InChI=1S/C19H27N5OS/c1-11-12-9-13(26-17(12)23(8)21-11)16(25)20-15-10-14(18(2,3)4)22-24(15)19(5,6)7/h9-10H,1-8H3,(H,20,25). The van der Waals surface area contributed by atoms with Crippen molar-refractivity contribution >= 4 is 33.3 Å². The molecule has 140 valence electrons. The van der Waals surface area contributed by atoms with Gasteiger partial charge < -0.3 is 5.32 Å². The van der Waals surface area contributed by atoms with Gasteiger partial charge >= 0.3 is 0 Å². The molecular weight excluding hydrogens is 346 g/mol. The summed E-state index contributed by atoms with van der Waals surface area (Å²) >= 11 is 1.46. The monoisotopic (exact) mass is 373 g/mol. The summed E-state index contributed by atoms with van der Waals surface area (Å²) in [4.78, 5) is 14.6. The molecule has 0 radical (unpaired) electrons. The molecule has 7 heteroatoms. The summed E-state index contributed by atoms with van der Waals surface area (Å²) in [5, 5.41) is 13.2. The van der Waals surface area contributed by atoms with Gasteiger partial charge in [-0.15, -0.1) is 11.3 Å². The summed E-state index contributed by atoms with van der Waals surface area (Å²) in [6, 6.07) is 3.89. The van der Waals surface area contributed by atoms with E-state index in [-0.39, 0.29) is 16.9 Å². The highest BCUT2D eigenvalue weighted by atomic mass is 32.1. The summed E-state index contributed by atoms with van der Waals surface area (Å²) in [6.45, 7) is 14.6. The lowest BCUT2D eigenvalue weighted by Crippen LogP contribution is -2.27. The van der Waals surface area contributed by atoms with Crippen LogP contribution in [-0.2, 0) is 18.0 Å². The lowest BCUT2D eigenvalue weighted by molar-refractivity contribution is 0.102. The first-order valence-corrected chi connectivity index (χ1v) is 9.55. The number of fused-ring (bicyclic) bond motifs is 1. The zero-order chi connectivity index (χ0) is 19.4. The predicted molar refractivity (Wildman–Crippen MR) is 107 cm³/mol. The number of hydrogen-bond acceptors (Lipinski definition) is 4. The fourth-order valence-electron chi connectivity index (χ4n) is 2.84. The molecule has 0 saturated carbocycles. The van der Waals surface area contributed by atoms with Gasteiger partial charge in [-0.2, -0.15) is 10.2 Å². The van der Waals surface area contributed by atoms with Crippen molar-refractivity contribution in [2.75, 3.05) is 5.32 Å². The SMILES string of the molecule is Cc1nn(C)c2sc(C(=O)Nc3cc(C(C)(C)C)nn3C(C)(C)C)cc12. The van der Waals surface area contributed by atoms with Crippen LogP contribution >= 0.6 is 11.3 Å². The first kappa shape index (κ1) is 18.6.